The maximum Gasteiger partial charge on any atom is 0.341 e. The molecule has 1 aromatic rings. The number of carbonyl (C=O) groups excluding carboxylic acids is 2. The first kappa shape index (κ1) is 14.4. The monoisotopic (exact) mass is 267 g/mol. The van der Waals surface area contributed by atoms with Crippen molar-refractivity contribution < 1.29 is 14.3 Å². The number of amides is 1. The Morgan fingerprint density at radius 2 is 1.94 bits per heavy atom. The first-order chi connectivity index (χ1) is 8.32. The fraction of sp³-hybridized carbons (Fsp3) is 0.385. The Balaban J connectivity index is 3.01. The fourth-order valence-corrected chi connectivity index (χ4v) is 2.48. The zero-order valence-electron chi connectivity index (χ0n) is 11.0. The highest BCUT2D eigenvalue weighted by atomic mass is 32.1. The Labute approximate surface area is 111 Å². The summed E-state index contributed by atoms with van der Waals surface area (Å²) in [5, 5.41) is 3.21. The van der Waals surface area contributed by atoms with Crippen molar-refractivity contribution in [2.45, 2.75) is 27.7 Å². The third kappa shape index (κ3) is 3.43. The number of nitrogens with one attached hydrogen (secondary N) is 1. The molecule has 98 valence electrons. The van der Waals surface area contributed by atoms with Gasteiger partial charge in [0.25, 0.3) is 0 Å². The normalized spacial score (nSPS) is 10.0. The quantitative estimate of drug-likeness (QED) is 0.674. The van der Waals surface area contributed by atoms with Crippen LogP contribution < -0.4 is 5.32 Å². The molecule has 1 amide bonds. The van der Waals surface area contributed by atoms with E-state index in [0.29, 0.717) is 10.6 Å². The summed E-state index contributed by atoms with van der Waals surface area (Å²) in [7, 11) is 0. The first-order valence-electron chi connectivity index (χ1n) is 5.52. The summed E-state index contributed by atoms with van der Waals surface area (Å²) in [4.78, 5) is 24.1. The van der Waals surface area contributed by atoms with E-state index in [0.717, 1.165) is 16.0 Å². The van der Waals surface area contributed by atoms with Crippen LogP contribution in [0.1, 0.15) is 34.6 Å². The second-order valence-corrected chi connectivity index (χ2v) is 5.43. The smallest absolute Gasteiger partial charge is 0.341 e. The lowest BCUT2D eigenvalue weighted by Gasteiger charge is -2.07. The average molecular weight is 267 g/mol. The summed E-state index contributed by atoms with van der Waals surface area (Å²) < 4.78 is 5.12. The number of ether oxygens (including phenoxy) is 1. The lowest BCUT2D eigenvalue weighted by atomic mass is 10.1. The van der Waals surface area contributed by atoms with Crippen molar-refractivity contribution in [3.05, 3.63) is 28.2 Å². The Kier molecular flexibility index (Phi) is 4.67. The average Bonchev–Trinajstić information content (AvgIpc) is 2.50. The lowest BCUT2D eigenvalue weighted by Crippen LogP contribution is -2.12. The molecule has 0 saturated heterocycles. The van der Waals surface area contributed by atoms with Crippen molar-refractivity contribution >= 4 is 28.2 Å². The Bertz CT molecular complexity index is 503. The second kappa shape index (κ2) is 5.82. The van der Waals surface area contributed by atoms with Gasteiger partial charge in [-0.3, -0.25) is 4.79 Å². The third-order valence-corrected chi connectivity index (χ3v) is 3.45. The molecule has 0 aliphatic carbocycles. The van der Waals surface area contributed by atoms with E-state index < -0.39 is 5.97 Å². The number of carbonyl (C=O) groups is 2. The molecule has 4 nitrogen and oxygen atoms in total. The molecule has 1 heterocycles. The SMILES string of the molecule is C=C(C)COC(=O)c1c(NC(C)=O)sc(C)c1C. The molecule has 0 radical (unpaired) electrons. The lowest BCUT2D eigenvalue weighted by molar-refractivity contribution is -0.114. The van der Waals surface area contributed by atoms with E-state index in [-0.39, 0.29) is 12.5 Å². The summed E-state index contributed by atoms with van der Waals surface area (Å²) >= 11 is 1.38. The molecule has 0 bridgehead atoms. The molecule has 1 N–H and O–H groups in total. The van der Waals surface area contributed by atoms with Gasteiger partial charge >= 0.3 is 5.97 Å². The molecule has 0 unspecified atom stereocenters. The van der Waals surface area contributed by atoms with Crippen molar-refractivity contribution in [1.29, 1.82) is 0 Å². The van der Waals surface area contributed by atoms with Crippen LogP contribution in [-0.4, -0.2) is 18.5 Å². The molecule has 5 heteroatoms. The van der Waals surface area contributed by atoms with E-state index in [1.807, 2.05) is 13.8 Å². The van der Waals surface area contributed by atoms with Crippen LogP contribution in [0.15, 0.2) is 12.2 Å². The summed E-state index contributed by atoms with van der Waals surface area (Å²) in [6.07, 6.45) is 0. The van der Waals surface area contributed by atoms with Crippen molar-refractivity contribution in [3.8, 4) is 0 Å². The van der Waals surface area contributed by atoms with E-state index in [1.165, 1.54) is 18.3 Å². The molecule has 0 fully saturated rings. The van der Waals surface area contributed by atoms with Gasteiger partial charge in [0, 0.05) is 11.8 Å². The zero-order valence-corrected chi connectivity index (χ0v) is 11.9. The van der Waals surface area contributed by atoms with Gasteiger partial charge in [0.15, 0.2) is 0 Å². The van der Waals surface area contributed by atoms with E-state index in [9.17, 15) is 9.59 Å². The summed E-state index contributed by atoms with van der Waals surface area (Å²) in [5.41, 5.74) is 2.05. The predicted molar refractivity (Wildman–Crippen MR) is 73.2 cm³/mol. The molecule has 1 aromatic heterocycles. The largest absolute Gasteiger partial charge is 0.458 e. The Morgan fingerprint density at radius 1 is 1.33 bits per heavy atom. The Hall–Kier alpha value is -1.62. The highest BCUT2D eigenvalue weighted by Crippen LogP contribution is 2.32. The highest BCUT2D eigenvalue weighted by molar-refractivity contribution is 7.16. The third-order valence-electron chi connectivity index (χ3n) is 2.33. The number of hydrogen-bond acceptors (Lipinski definition) is 4. The van der Waals surface area contributed by atoms with Crippen molar-refractivity contribution in [3.63, 3.8) is 0 Å². The predicted octanol–water partition coefficient (Wildman–Crippen LogP) is 3.06. The summed E-state index contributed by atoms with van der Waals surface area (Å²) in [6.45, 7) is 10.8. The molecular weight excluding hydrogens is 250 g/mol. The van der Waals surface area contributed by atoms with Crippen LogP contribution >= 0.6 is 11.3 Å². The van der Waals surface area contributed by atoms with E-state index >= 15 is 0 Å². The minimum atomic E-state index is -0.427. The second-order valence-electron chi connectivity index (χ2n) is 4.20. The minimum Gasteiger partial charge on any atom is -0.458 e. The van der Waals surface area contributed by atoms with Gasteiger partial charge in [-0.15, -0.1) is 11.3 Å². The van der Waals surface area contributed by atoms with E-state index in [1.54, 1.807) is 6.92 Å². The molecule has 0 atom stereocenters. The van der Waals surface area contributed by atoms with Gasteiger partial charge in [-0.25, -0.2) is 4.79 Å². The van der Waals surface area contributed by atoms with E-state index in [2.05, 4.69) is 11.9 Å². The molecule has 0 spiro atoms. The number of anilines is 1. The van der Waals surface area contributed by atoms with Gasteiger partial charge in [-0.2, -0.15) is 0 Å². The molecule has 0 saturated carbocycles. The number of esters is 1. The number of hydrogen-bond donors (Lipinski definition) is 1. The molecule has 0 aliphatic heterocycles. The van der Waals surface area contributed by atoms with Crippen molar-refractivity contribution in [2.24, 2.45) is 0 Å². The van der Waals surface area contributed by atoms with Crippen molar-refractivity contribution in [2.75, 3.05) is 11.9 Å². The summed E-state index contributed by atoms with van der Waals surface area (Å²) in [5.74, 6) is -0.631. The maximum atomic E-state index is 12.0. The maximum absolute atomic E-state index is 12.0. The number of aryl methyl sites for hydroxylation is 1. The summed E-state index contributed by atoms with van der Waals surface area (Å²) in [6, 6.07) is 0. The molecule has 1 rings (SSSR count). The van der Waals surface area contributed by atoms with Gasteiger partial charge < -0.3 is 10.1 Å². The molecule has 0 aliphatic rings. The highest BCUT2D eigenvalue weighted by Gasteiger charge is 2.21. The molecule has 0 aromatic carbocycles. The standard InChI is InChI=1S/C13H17NO3S/c1-7(2)6-17-13(16)11-8(3)9(4)18-12(11)14-10(5)15/h1,6H2,2-5H3,(H,14,15). The van der Waals surface area contributed by atoms with Crippen LogP contribution in [0, 0.1) is 13.8 Å². The minimum absolute atomic E-state index is 0.187. The zero-order chi connectivity index (χ0) is 13.9. The van der Waals surface area contributed by atoms with Crippen LogP contribution in [0.4, 0.5) is 5.00 Å². The van der Waals surface area contributed by atoms with Crippen LogP contribution in [0.25, 0.3) is 0 Å². The van der Waals surface area contributed by atoms with Gasteiger partial charge in [-0.05, 0) is 31.9 Å². The fourth-order valence-electron chi connectivity index (χ4n) is 1.38. The first-order valence-corrected chi connectivity index (χ1v) is 6.33. The Morgan fingerprint density at radius 3 is 2.44 bits per heavy atom. The van der Waals surface area contributed by atoms with Gasteiger partial charge in [0.1, 0.15) is 11.6 Å². The van der Waals surface area contributed by atoms with Gasteiger partial charge in [-0.1, -0.05) is 6.58 Å². The van der Waals surface area contributed by atoms with Crippen molar-refractivity contribution in [1.82, 2.24) is 0 Å². The van der Waals surface area contributed by atoms with Gasteiger partial charge in [0.2, 0.25) is 5.91 Å². The number of thiophene rings is 1. The molecule has 18 heavy (non-hydrogen) atoms. The van der Waals surface area contributed by atoms with Crippen LogP contribution in [0.5, 0.6) is 0 Å². The van der Waals surface area contributed by atoms with Gasteiger partial charge in [0.05, 0.1) is 5.56 Å². The van der Waals surface area contributed by atoms with Crippen LogP contribution in [0.2, 0.25) is 0 Å². The van der Waals surface area contributed by atoms with Crippen LogP contribution in [-0.2, 0) is 9.53 Å². The number of rotatable bonds is 4. The van der Waals surface area contributed by atoms with Crippen LogP contribution in [0.3, 0.4) is 0 Å². The molecular formula is C13H17NO3S. The topological polar surface area (TPSA) is 55.4 Å². The van der Waals surface area contributed by atoms with E-state index in [4.69, 9.17) is 4.74 Å².